The molecule has 17 heavy (non-hydrogen) atoms. The topological polar surface area (TPSA) is 34.9 Å². The molecule has 0 N–H and O–H groups in total. The van der Waals surface area contributed by atoms with E-state index in [0.29, 0.717) is 12.5 Å². The van der Waals surface area contributed by atoms with Crippen LogP contribution in [0.2, 0.25) is 0 Å². The molecule has 0 aromatic carbocycles. The van der Waals surface area contributed by atoms with Crippen LogP contribution in [-0.2, 0) is 6.42 Å². The van der Waals surface area contributed by atoms with E-state index < -0.39 is 0 Å². The molecule has 2 aromatic rings. The van der Waals surface area contributed by atoms with Crippen LogP contribution in [0.1, 0.15) is 41.7 Å². The molecule has 0 bridgehead atoms. The molecule has 0 saturated heterocycles. The van der Waals surface area contributed by atoms with Crippen molar-refractivity contribution in [2.45, 2.75) is 32.7 Å². The van der Waals surface area contributed by atoms with E-state index in [1.807, 2.05) is 34.5 Å². The Kier molecular flexibility index (Phi) is 3.74. The van der Waals surface area contributed by atoms with Crippen molar-refractivity contribution in [1.82, 2.24) is 9.78 Å². The summed E-state index contributed by atoms with van der Waals surface area (Å²) in [5.74, 6) is 0.148. The predicted octanol–water partition coefficient (Wildman–Crippen LogP) is 3.34. The van der Waals surface area contributed by atoms with Crippen molar-refractivity contribution in [3.63, 3.8) is 0 Å². The van der Waals surface area contributed by atoms with Crippen LogP contribution in [0.4, 0.5) is 0 Å². The maximum Gasteiger partial charge on any atom is 0.178 e. The van der Waals surface area contributed by atoms with E-state index in [2.05, 4.69) is 18.9 Å². The fourth-order valence-corrected chi connectivity index (χ4v) is 2.26. The number of nitrogens with zero attached hydrogens (tertiary/aromatic N) is 2. The van der Waals surface area contributed by atoms with Gasteiger partial charge in [0.05, 0.1) is 17.0 Å². The molecular formula is C13H16N2OS. The van der Waals surface area contributed by atoms with Crippen molar-refractivity contribution in [3.8, 4) is 0 Å². The maximum absolute atomic E-state index is 11.9. The van der Waals surface area contributed by atoms with E-state index in [9.17, 15) is 4.79 Å². The second-order valence-electron chi connectivity index (χ2n) is 4.12. The maximum atomic E-state index is 11.9. The number of hydrogen-bond acceptors (Lipinski definition) is 3. The molecule has 1 atom stereocenters. The first-order valence-electron chi connectivity index (χ1n) is 5.81. The second-order valence-corrected chi connectivity index (χ2v) is 5.07. The Morgan fingerprint density at radius 1 is 1.53 bits per heavy atom. The largest absolute Gasteiger partial charge is 0.293 e. The highest BCUT2D eigenvalue weighted by Crippen LogP contribution is 2.14. The molecule has 0 fully saturated rings. The molecule has 0 saturated carbocycles. The van der Waals surface area contributed by atoms with Gasteiger partial charge < -0.3 is 0 Å². The predicted molar refractivity (Wildman–Crippen MR) is 69.6 cm³/mol. The molecule has 3 nitrogen and oxygen atoms in total. The first-order chi connectivity index (χ1) is 8.20. The van der Waals surface area contributed by atoms with Crippen LogP contribution in [0.25, 0.3) is 0 Å². The molecule has 0 aliphatic carbocycles. The van der Waals surface area contributed by atoms with Gasteiger partial charge in [-0.15, -0.1) is 11.3 Å². The average Bonchev–Trinajstić information content (AvgIpc) is 2.98. The van der Waals surface area contributed by atoms with E-state index in [0.717, 1.165) is 17.0 Å². The summed E-state index contributed by atoms with van der Waals surface area (Å²) in [6.45, 7) is 4.25. The summed E-state index contributed by atoms with van der Waals surface area (Å²) in [6, 6.07) is 6.08. The Hall–Kier alpha value is -1.42. The monoisotopic (exact) mass is 248 g/mol. The molecule has 1 unspecified atom stereocenters. The number of Topliss-reactive ketones (excluding diaryl/α,β-unsaturated/α-hetero) is 1. The summed E-state index contributed by atoms with van der Waals surface area (Å²) in [5, 5.41) is 6.35. The molecule has 4 heteroatoms. The number of carbonyl (C=O) groups excluding carboxylic acids is 1. The minimum atomic E-state index is 0.148. The van der Waals surface area contributed by atoms with E-state index in [4.69, 9.17) is 0 Å². The van der Waals surface area contributed by atoms with E-state index in [1.165, 1.54) is 11.3 Å². The van der Waals surface area contributed by atoms with Gasteiger partial charge in [-0.05, 0) is 30.9 Å². The van der Waals surface area contributed by atoms with Gasteiger partial charge in [-0.1, -0.05) is 13.0 Å². The summed E-state index contributed by atoms with van der Waals surface area (Å²) in [6.07, 6.45) is 3.38. The van der Waals surface area contributed by atoms with Gasteiger partial charge in [0.1, 0.15) is 0 Å². The summed E-state index contributed by atoms with van der Waals surface area (Å²) in [4.78, 5) is 12.7. The van der Waals surface area contributed by atoms with Crippen LogP contribution < -0.4 is 0 Å². The second kappa shape index (κ2) is 5.27. The lowest BCUT2D eigenvalue weighted by atomic mass is 10.2. The summed E-state index contributed by atoms with van der Waals surface area (Å²) in [5.41, 5.74) is 0.851. The average molecular weight is 248 g/mol. The van der Waals surface area contributed by atoms with E-state index in [1.54, 1.807) is 0 Å². The van der Waals surface area contributed by atoms with Crippen LogP contribution in [0.15, 0.2) is 29.8 Å². The third kappa shape index (κ3) is 2.82. The molecule has 0 spiro atoms. The van der Waals surface area contributed by atoms with Crippen molar-refractivity contribution in [2.24, 2.45) is 0 Å². The minimum absolute atomic E-state index is 0.148. The minimum Gasteiger partial charge on any atom is -0.293 e. The van der Waals surface area contributed by atoms with Gasteiger partial charge in [0.2, 0.25) is 0 Å². The molecule has 2 aromatic heterocycles. The number of carbonyl (C=O) groups is 1. The van der Waals surface area contributed by atoms with E-state index >= 15 is 0 Å². The van der Waals surface area contributed by atoms with Crippen LogP contribution in [-0.4, -0.2) is 15.6 Å². The highest BCUT2D eigenvalue weighted by atomic mass is 32.1. The summed E-state index contributed by atoms with van der Waals surface area (Å²) < 4.78 is 1.93. The highest BCUT2D eigenvalue weighted by molar-refractivity contribution is 7.12. The zero-order chi connectivity index (χ0) is 12.3. The van der Waals surface area contributed by atoms with Gasteiger partial charge >= 0.3 is 0 Å². The Labute approximate surface area is 105 Å². The fourth-order valence-electron chi connectivity index (χ4n) is 1.59. The summed E-state index contributed by atoms with van der Waals surface area (Å²) in [7, 11) is 0. The quantitative estimate of drug-likeness (QED) is 0.761. The zero-order valence-electron chi connectivity index (χ0n) is 10.1. The number of rotatable bonds is 5. The Morgan fingerprint density at radius 3 is 3.00 bits per heavy atom. The zero-order valence-corrected chi connectivity index (χ0v) is 10.9. The first kappa shape index (κ1) is 12.0. The Bertz CT molecular complexity index is 487. The third-order valence-corrected chi connectivity index (χ3v) is 3.75. The van der Waals surface area contributed by atoms with Gasteiger partial charge in [-0.25, -0.2) is 0 Å². The van der Waals surface area contributed by atoms with Gasteiger partial charge in [0, 0.05) is 12.2 Å². The number of thiophene rings is 1. The fraction of sp³-hybridized carbons (Fsp3) is 0.385. The third-order valence-electron chi connectivity index (χ3n) is 2.84. The van der Waals surface area contributed by atoms with Crippen molar-refractivity contribution in [1.29, 1.82) is 0 Å². The van der Waals surface area contributed by atoms with Crippen molar-refractivity contribution in [3.05, 3.63) is 40.3 Å². The summed E-state index contributed by atoms with van der Waals surface area (Å²) >= 11 is 1.48. The number of hydrogen-bond donors (Lipinski definition) is 0. The highest BCUT2D eigenvalue weighted by Gasteiger charge is 2.11. The SMILES string of the molecule is CCC(C)n1ccc(CC(=O)c2cccs2)n1. The van der Waals surface area contributed by atoms with Gasteiger partial charge in [-0.2, -0.15) is 5.10 Å². The van der Waals surface area contributed by atoms with Gasteiger partial charge in [-0.3, -0.25) is 9.48 Å². The lowest BCUT2D eigenvalue weighted by molar-refractivity contribution is 0.0995. The molecule has 0 amide bonds. The van der Waals surface area contributed by atoms with Crippen LogP contribution in [0.3, 0.4) is 0 Å². The molecule has 90 valence electrons. The normalized spacial score (nSPS) is 12.6. The number of aromatic nitrogens is 2. The van der Waals surface area contributed by atoms with E-state index in [-0.39, 0.29) is 5.78 Å². The molecule has 0 radical (unpaired) electrons. The van der Waals surface area contributed by atoms with Crippen molar-refractivity contribution >= 4 is 17.1 Å². The standard InChI is InChI=1S/C13H16N2OS/c1-3-10(2)15-7-6-11(14-15)9-12(16)13-5-4-8-17-13/h4-8,10H,3,9H2,1-2H3. The first-order valence-corrected chi connectivity index (χ1v) is 6.69. The Balaban J connectivity index is 2.04. The van der Waals surface area contributed by atoms with Crippen LogP contribution >= 0.6 is 11.3 Å². The van der Waals surface area contributed by atoms with Crippen LogP contribution in [0.5, 0.6) is 0 Å². The smallest absolute Gasteiger partial charge is 0.178 e. The van der Waals surface area contributed by atoms with Crippen molar-refractivity contribution < 1.29 is 4.79 Å². The lowest BCUT2D eigenvalue weighted by Crippen LogP contribution is -2.07. The molecule has 0 aliphatic heterocycles. The van der Waals surface area contributed by atoms with Crippen molar-refractivity contribution in [2.75, 3.05) is 0 Å². The Morgan fingerprint density at radius 2 is 2.35 bits per heavy atom. The van der Waals surface area contributed by atoms with Crippen LogP contribution in [0, 0.1) is 0 Å². The van der Waals surface area contributed by atoms with Gasteiger partial charge in [0.25, 0.3) is 0 Å². The molecular weight excluding hydrogens is 232 g/mol. The molecule has 2 heterocycles. The van der Waals surface area contributed by atoms with Gasteiger partial charge in [0.15, 0.2) is 5.78 Å². The lowest BCUT2D eigenvalue weighted by Gasteiger charge is -2.07. The molecule has 2 rings (SSSR count). The molecule has 0 aliphatic rings. The number of ketones is 1.